The number of hydrogen-bond donors (Lipinski definition) is 4. The predicted molar refractivity (Wildman–Crippen MR) is 104 cm³/mol. The van der Waals surface area contributed by atoms with Gasteiger partial charge in [0.2, 0.25) is 5.95 Å². The monoisotopic (exact) mass is 383 g/mol. The van der Waals surface area contributed by atoms with Crippen molar-refractivity contribution < 1.29 is 14.9 Å². The minimum absolute atomic E-state index is 0.158. The van der Waals surface area contributed by atoms with E-state index in [9.17, 15) is 15.0 Å². The Labute approximate surface area is 151 Å². The molecule has 0 saturated carbocycles. The van der Waals surface area contributed by atoms with Gasteiger partial charge in [-0.15, -0.1) is 13.2 Å². The highest BCUT2D eigenvalue weighted by atomic mass is 31.2. The van der Waals surface area contributed by atoms with Gasteiger partial charge < -0.3 is 20.3 Å². The van der Waals surface area contributed by atoms with Crippen LogP contribution in [-0.4, -0.2) is 80.4 Å². The van der Waals surface area contributed by atoms with Crippen LogP contribution >= 0.6 is 6.89 Å². The largest absolute Gasteiger partial charge is 0.388 e. The van der Waals surface area contributed by atoms with Crippen LogP contribution in [0.5, 0.6) is 0 Å². The van der Waals surface area contributed by atoms with Gasteiger partial charge in [0.1, 0.15) is 12.2 Å². The summed E-state index contributed by atoms with van der Waals surface area (Å²) in [7, 11) is 0. The highest BCUT2D eigenvalue weighted by Gasteiger charge is 2.44. The van der Waals surface area contributed by atoms with Crippen LogP contribution < -0.4 is 10.9 Å². The summed E-state index contributed by atoms with van der Waals surface area (Å²) in [6, 6.07) is 0. The molecule has 1 aliphatic heterocycles. The zero-order valence-electron chi connectivity index (χ0n) is 15.2. The molecular formula is C16H26N5O4P. The second-order valence-corrected chi connectivity index (χ2v) is 11.6. The third-order valence-corrected chi connectivity index (χ3v) is 5.88. The molecule has 4 atom stereocenters. The van der Waals surface area contributed by atoms with Gasteiger partial charge >= 0.3 is 0 Å². The Bertz CT molecular complexity index is 888. The number of nitrogens with one attached hydrogen (secondary N) is 2. The summed E-state index contributed by atoms with van der Waals surface area (Å²) >= 11 is 0. The number of fused-ring (bicyclic) bond motifs is 1. The quantitative estimate of drug-likeness (QED) is 0.528. The minimum atomic E-state index is -1.26. The lowest BCUT2D eigenvalue weighted by atomic mass is 10.1. The molecule has 26 heavy (non-hydrogen) atoms. The summed E-state index contributed by atoms with van der Waals surface area (Å²) in [5.74, 6) is 0.319. The van der Waals surface area contributed by atoms with Crippen molar-refractivity contribution in [1.82, 2.24) is 19.5 Å². The molecule has 144 valence electrons. The Hall–Kier alpha value is -1.67. The summed E-state index contributed by atoms with van der Waals surface area (Å²) in [4.78, 5) is 23.2. The van der Waals surface area contributed by atoms with E-state index < -0.39 is 31.4 Å². The van der Waals surface area contributed by atoms with Crippen molar-refractivity contribution in [3.63, 3.8) is 0 Å². The molecule has 2 aromatic rings. The Morgan fingerprint density at radius 3 is 2.81 bits per heavy atom. The molecule has 0 spiro atoms. The second kappa shape index (κ2) is 7.15. The van der Waals surface area contributed by atoms with E-state index in [1.807, 2.05) is 6.92 Å². The van der Waals surface area contributed by atoms with E-state index in [2.05, 4.69) is 39.9 Å². The van der Waals surface area contributed by atoms with Gasteiger partial charge in [0.25, 0.3) is 5.56 Å². The summed E-state index contributed by atoms with van der Waals surface area (Å²) in [6.07, 6.45) is 3.54. The molecule has 1 saturated heterocycles. The number of ether oxygens (including phenoxy) is 1. The molecule has 0 aliphatic carbocycles. The van der Waals surface area contributed by atoms with Gasteiger partial charge in [-0.2, -0.15) is 4.98 Å². The van der Waals surface area contributed by atoms with Gasteiger partial charge in [0.15, 0.2) is 17.4 Å². The molecule has 1 fully saturated rings. The van der Waals surface area contributed by atoms with E-state index in [0.29, 0.717) is 24.6 Å². The highest BCUT2D eigenvalue weighted by Crippen LogP contribution is 2.39. The number of aliphatic hydroxyl groups is 2. The molecule has 1 unspecified atom stereocenters. The van der Waals surface area contributed by atoms with Gasteiger partial charge in [-0.25, -0.2) is 4.98 Å². The first-order chi connectivity index (χ1) is 12.2. The number of anilines is 1. The second-order valence-electron chi connectivity index (χ2n) is 7.26. The third-order valence-electron chi connectivity index (χ3n) is 4.41. The van der Waals surface area contributed by atoms with Crippen molar-refractivity contribution in [3.05, 3.63) is 16.7 Å². The Balaban J connectivity index is 1.91. The average molecular weight is 383 g/mol. The predicted octanol–water partition coefficient (Wildman–Crippen LogP) is 0.270. The van der Waals surface area contributed by atoms with Crippen molar-refractivity contribution in [3.8, 4) is 0 Å². The van der Waals surface area contributed by atoms with Crippen LogP contribution in [0.1, 0.15) is 19.6 Å². The molecule has 3 heterocycles. The summed E-state index contributed by atoms with van der Waals surface area (Å²) in [6.45, 7) is 5.45. The topological polar surface area (TPSA) is 125 Å². The summed E-state index contributed by atoms with van der Waals surface area (Å²) in [5, 5.41) is 23.8. The van der Waals surface area contributed by atoms with Crippen molar-refractivity contribution in [2.75, 3.05) is 31.4 Å². The maximum atomic E-state index is 12.2. The number of hydrogen-bond acceptors (Lipinski definition) is 7. The van der Waals surface area contributed by atoms with Crippen LogP contribution in [0.2, 0.25) is 0 Å². The Kier molecular flexibility index (Phi) is 5.25. The van der Waals surface area contributed by atoms with Crippen LogP contribution in [0.3, 0.4) is 0 Å². The number of aromatic amines is 1. The van der Waals surface area contributed by atoms with E-state index in [4.69, 9.17) is 4.74 Å². The van der Waals surface area contributed by atoms with Crippen LogP contribution in [-0.2, 0) is 4.74 Å². The first-order valence-electron chi connectivity index (χ1n) is 8.61. The third kappa shape index (κ3) is 3.71. The number of rotatable bonds is 6. The van der Waals surface area contributed by atoms with Crippen LogP contribution in [0.4, 0.5) is 5.95 Å². The number of aromatic nitrogens is 4. The van der Waals surface area contributed by atoms with E-state index in [1.54, 1.807) is 0 Å². The highest BCUT2D eigenvalue weighted by molar-refractivity contribution is 7.72. The fourth-order valence-electron chi connectivity index (χ4n) is 3.04. The molecule has 3 rings (SSSR count). The molecule has 0 amide bonds. The Morgan fingerprint density at radius 2 is 2.15 bits per heavy atom. The van der Waals surface area contributed by atoms with E-state index in [1.165, 1.54) is 10.9 Å². The first kappa shape index (κ1) is 19.1. The number of aliphatic hydroxyl groups excluding tert-OH is 2. The van der Waals surface area contributed by atoms with Gasteiger partial charge in [-0.1, -0.05) is 0 Å². The maximum Gasteiger partial charge on any atom is 0.280 e. The fraction of sp³-hybridized carbons (Fsp3) is 0.625. The molecule has 2 aromatic heterocycles. The van der Waals surface area contributed by atoms with Crippen LogP contribution in [0.25, 0.3) is 11.2 Å². The summed E-state index contributed by atoms with van der Waals surface area (Å²) in [5.41, 5.74) is 0.0784. The molecule has 9 nitrogen and oxygen atoms in total. The van der Waals surface area contributed by atoms with E-state index in [0.717, 1.165) is 6.16 Å². The lowest BCUT2D eigenvalue weighted by Crippen LogP contribution is -2.32. The number of nitrogens with zero attached hydrogens (tertiary/aromatic N) is 3. The van der Waals surface area contributed by atoms with Crippen molar-refractivity contribution in [1.29, 1.82) is 0 Å². The van der Waals surface area contributed by atoms with E-state index >= 15 is 0 Å². The zero-order chi connectivity index (χ0) is 19.1. The van der Waals surface area contributed by atoms with Crippen molar-refractivity contribution in [2.45, 2.75) is 37.9 Å². The molecule has 0 bridgehead atoms. The first-order valence-corrected chi connectivity index (χ1v) is 11.7. The average Bonchev–Trinajstić information content (AvgIpc) is 3.08. The molecular weight excluding hydrogens is 357 g/mol. The molecule has 1 aliphatic rings. The lowest BCUT2D eigenvalue weighted by Gasteiger charge is -2.18. The number of H-pyrrole nitrogens is 1. The van der Waals surface area contributed by atoms with E-state index in [-0.39, 0.29) is 11.1 Å². The maximum absolute atomic E-state index is 12.2. The standard InChI is InChI=1S/C16H26N5O4P/c1-5-17-16-19-13-10(14(24)20-16)18-8-21(13)15-12(23)11(22)9(25-15)6-7-26(2,3)4/h8-9,11-12,15,22-23H,2,5-7H2,1,3-4H3,(H2,17,19,20,24)/t9-,11-,12-,15?/m1/s1. The van der Waals surface area contributed by atoms with Gasteiger partial charge in [-0.3, -0.25) is 14.3 Å². The minimum Gasteiger partial charge on any atom is -0.388 e. The van der Waals surface area contributed by atoms with Crippen molar-refractivity contribution in [2.24, 2.45) is 0 Å². The fourth-order valence-corrected chi connectivity index (χ4v) is 3.99. The van der Waals surface area contributed by atoms with Gasteiger partial charge in [-0.05, 0) is 32.8 Å². The molecule has 0 radical (unpaired) electrons. The summed E-state index contributed by atoms with van der Waals surface area (Å²) < 4.78 is 7.42. The van der Waals surface area contributed by atoms with Crippen LogP contribution in [0, 0.1) is 0 Å². The van der Waals surface area contributed by atoms with Crippen LogP contribution in [0.15, 0.2) is 11.1 Å². The Morgan fingerprint density at radius 1 is 1.42 bits per heavy atom. The normalized spacial score (nSPS) is 26.5. The van der Waals surface area contributed by atoms with Gasteiger partial charge in [0.05, 0.1) is 12.4 Å². The number of imidazole rings is 1. The molecule has 4 N–H and O–H groups in total. The van der Waals surface area contributed by atoms with Crippen molar-refractivity contribution >= 4 is 30.3 Å². The zero-order valence-corrected chi connectivity index (χ0v) is 16.1. The molecule has 0 aromatic carbocycles. The SMILES string of the molecule is C=P(C)(C)CC[C@H]1OC(n2cnc3c(=O)[nH]c(NCC)nc32)[C@H](O)[C@@H]1O. The lowest BCUT2D eigenvalue weighted by molar-refractivity contribution is -0.0353. The molecule has 10 heteroatoms. The smallest absolute Gasteiger partial charge is 0.280 e. The van der Waals surface area contributed by atoms with Gasteiger partial charge in [0, 0.05) is 6.54 Å².